The van der Waals surface area contributed by atoms with Gasteiger partial charge < -0.3 is 9.32 Å². The number of fused-ring (bicyclic) bond motifs is 3. The van der Waals surface area contributed by atoms with Crippen LogP contribution in [0.2, 0.25) is 0 Å². The third-order valence-electron chi connectivity index (χ3n) is 4.54. The van der Waals surface area contributed by atoms with Crippen LogP contribution >= 0.6 is 11.3 Å². The molecule has 0 fully saturated rings. The molecule has 2 aromatic heterocycles. The van der Waals surface area contributed by atoms with Crippen molar-refractivity contribution < 1.29 is 22.4 Å². The molecule has 4 rings (SSSR count). The van der Waals surface area contributed by atoms with E-state index in [1.807, 2.05) is 0 Å². The summed E-state index contributed by atoms with van der Waals surface area (Å²) in [4.78, 5) is 26.9. The first-order valence-electron chi connectivity index (χ1n) is 8.74. The van der Waals surface area contributed by atoms with Gasteiger partial charge in [-0.05, 0) is 43.3 Å². The number of benzene rings is 2. The van der Waals surface area contributed by atoms with Crippen molar-refractivity contribution in [3.63, 3.8) is 0 Å². The van der Waals surface area contributed by atoms with Gasteiger partial charge in [-0.1, -0.05) is 18.2 Å². The van der Waals surface area contributed by atoms with Gasteiger partial charge in [0.15, 0.2) is 0 Å². The summed E-state index contributed by atoms with van der Waals surface area (Å²) in [5.74, 6) is -0.475. The number of nitrogens with zero attached hydrogens (tertiary/aromatic N) is 1. The van der Waals surface area contributed by atoms with Crippen molar-refractivity contribution in [3.05, 3.63) is 75.5 Å². The number of carbonyl (C=O) groups excluding carboxylic acids is 1. The lowest BCUT2D eigenvalue weighted by Gasteiger charge is -2.21. The number of rotatable bonds is 3. The lowest BCUT2D eigenvalue weighted by molar-refractivity contribution is -0.137. The number of alkyl halides is 3. The Morgan fingerprint density at radius 3 is 2.55 bits per heavy atom. The van der Waals surface area contributed by atoms with Gasteiger partial charge in [0.1, 0.15) is 5.58 Å². The number of para-hydroxylation sites is 1. The molecule has 0 saturated carbocycles. The van der Waals surface area contributed by atoms with Crippen LogP contribution in [-0.4, -0.2) is 12.5 Å². The van der Waals surface area contributed by atoms with Gasteiger partial charge in [-0.25, -0.2) is 4.79 Å². The highest BCUT2D eigenvalue weighted by molar-refractivity contribution is 7.21. The first-order chi connectivity index (χ1) is 13.8. The highest BCUT2D eigenvalue weighted by Gasteiger charge is 2.31. The third kappa shape index (κ3) is 3.40. The van der Waals surface area contributed by atoms with Gasteiger partial charge in [-0.2, -0.15) is 13.2 Å². The van der Waals surface area contributed by atoms with E-state index in [0.29, 0.717) is 15.7 Å². The summed E-state index contributed by atoms with van der Waals surface area (Å²) in [5, 5.41) is 0.977. The monoisotopic (exact) mass is 417 g/mol. The van der Waals surface area contributed by atoms with E-state index in [4.69, 9.17) is 4.42 Å². The number of halogens is 3. The second kappa shape index (κ2) is 7.04. The fraction of sp³-hybridized carbons (Fsp3) is 0.143. The van der Waals surface area contributed by atoms with E-state index >= 15 is 0 Å². The van der Waals surface area contributed by atoms with Crippen molar-refractivity contribution in [2.45, 2.75) is 13.1 Å². The Kier molecular flexibility index (Phi) is 4.66. The van der Waals surface area contributed by atoms with Crippen LogP contribution < -0.4 is 10.5 Å². The topological polar surface area (TPSA) is 50.5 Å². The van der Waals surface area contributed by atoms with Gasteiger partial charge in [-0.3, -0.25) is 4.79 Å². The minimum Gasteiger partial charge on any atom is -0.422 e. The normalized spacial score (nSPS) is 11.9. The molecule has 4 nitrogen and oxygen atoms in total. The van der Waals surface area contributed by atoms with Crippen molar-refractivity contribution in [3.8, 4) is 0 Å². The minimum atomic E-state index is -4.51. The fourth-order valence-corrected chi connectivity index (χ4v) is 4.30. The van der Waals surface area contributed by atoms with E-state index in [1.54, 1.807) is 31.2 Å². The molecule has 0 aliphatic heterocycles. The number of amides is 1. The Hall–Kier alpha value is -3.13. The molecular formula is C21H14F3NO3S. The second-order valence-electron chi connectivity index (χ2n) is 6.34. The number of thiophene rings is 1. The average Bonchev–Trinajstić information content (AvgIpc) is 3.15. The molecule has 0 aliphatic carbocycles. The smallest absolute Gasteiger partial charge is 0.416 e. The molecule has 2 heterocycles. The van der Waals surface area contributed by atoms with Crippen LogP contribution in [0.5, 0.6) is 0 Å². The minimum absolute atomic E-state index is 0.140. The lowest BCUT2D eigenvalue weighted by Crippen LogP contribution is -2.30. The molecule has 29 heavy (non-hydrogen) atoms. The number of carbonyl (C=O) groups is 1. The van der Waals surface area contributed by atoms with Gasteiger partial charge in [0.05, 0.1) is 20.5 Å². The highest BCUT2D eigenvalue weighted by Crippen LogP contribution is 2.34. The molecule has 148 valence electrons. The Morgan fingerprint density at radius 2 is 1.83 bits per heavy atom. The Morgan fingerprint density at radius 1 is 1.07 bits per heavy atom. The summed E-state index contributed by atoms with van der Waals surface area (Å²) in [6, 6.07) is 13.0. The molecule has 0 saturated heterocycles. The fourth-order valence-electron chi connectivity index (χ4n) is 3.17. The molecule has 0 spiro atoms. The number of anilines is 1. The predicted octanol–water partition coefficient (Wildman–Crippen LogP) is 5.69. The van der Waals surface area contributed by atoms with E-state index in [2.05, 4.69) is 0 Å². The van der Waals surface area contributed by atoms with Gasteiger partial charge in [0.2, 0.25) is 0 Å². The zero-order chi connectivity index (χ0) is 20.8. The summed E-state index contributed by atoms with van der Waals surface area (Å²) in [6.45, 7) is 1.85. The van der Waals surface area contributed by atoms with Crippen molar-refractivity contribution in [1.82, 2.24) is 0 Å². The molecule has 0 atom stereocenters. The van der Waals surface area contributed by atoms with Crippen LogP contribution in [0.15, 0.2) is 63.8 Å². The van der Waals surface area contributed by atoms with Crippen LogP contribution in [0.1, 0.15) is 22.2 Å². The molecule has 8 heteroatoms. The summed E-state index contributed by atoms with van der Waals surface area (Å²) < 4.78 is 45.0. The lowest BCUT2D eigenvalue weighted by atomic mass is 10.1. The first-order valence-corrected chi connectivity index (χ1v) is 9.55. The summed E-state index contributed by atoms with van der Waals surface area (Å²) in [6.07, 6.45) is -4.51. The van der Waals surface area contributed by atoms with Crippen LogP contribution in [0.3, 0.4) is 0 Å². The maximum atomic E-state index is 13.1. The molecule has 0 N–H and O–H groups in total. The maximum absolute atomic E-state index is 13.1. The highest BCUT2D eigenvalue weighted by atomic mass is 32.1. The maximum Gasteiger partial charge on any atom is 0.416 e. The van der Waals surface area contributed by atoms with Crippen LogP contribution in [0.25, 0.3) is 21.1 Å². The Balaban J connectivity index is 1.81. The average molecular weight is 417 g/mol. The molecule has 0 unspecified atom stereocenters. The SMILES string of the molecule is CCN(C(=O)c1cc2c(=O)oc3ccccc3c2s1)c1cccc(C(F)(F)F)c1. The first kappa shape index (κ1) is 19.2. The Labute approximate surface area is 166 Å². The number of hydrogen-bond donors (Lipinski definition) is 0. The van der Waals surface area contributed by atoms with Gasteiger partial charge >= 0.3 is 11.8 Å². The molecule has 0 bridgehead atoms. The quantitative estimate of drug-likeness (QED) is 0.402. The second-order valence-corrected chi connectivity index (χ2v) is 7.39. The van der Waals surface area contributed by atoms with E-state index in [0.717, 1.165) is 23.5 Å². The zero-order valence-electron chi connectivity index (χ0n) is 15.1. The summed E-state index contributed by atoms with van der Waals surface area (Å²) in [5.41, 5.74) is -0.835. The van der Waals surface area contributed by atoms with E-state index in [1.165, 1.54) is 23.1 Å². The molecule has 0 radical (unpaired) electrons. The largest absolute Gasteiger partial charge is 0.422 e. The van der Waals surface area contributed by atoms with Gasteiger partial charge in [0.25, 0.3) is 5.91 Å². The van der Waals surface area contributed by atoms with Crippen molar-refractivity contribution in [2.75, 3.05) is 11.4 Å². The predicted molar refractivity (Wildman–Crippen MR) is 107 cm³/mol. The molecule has 4 aromatic rings. The van der Waals surface area contributed by atoms with Crippen LogP contribution in [-0.2, 0) is 6.18 Å². The van der Waals surface area contributed by atoms with E-state index in [9.17, 15) is 22.8 Å². The van der Waals surface area contributed by atoms with Crippen molar-refractivity contribution in [1.29, 1.82) is 0 Å². The Bertz CT molecular complexity index is 1290. The zero-order valence-corrected chi connectivity index (χ0v) is 15.9. The van der Waals surface area contributed by atoms with Crippen molar-refractivity contribution in [2.24, 2.45) is 0 Å². The van der Waals surface area contributed by atoms with Crippen molar-refractivity contribution >= 4 is 44.0 Å². The standard InChI is InChI=1S/C21H14F3NO3S/c1-2-25(13-7-5-6-12(10-13)21(22,23)24)19(26)17-11-15-18(29-17)14-8-3-4-9-16(14)28-20(15)27/h3-11H,2H2,1H3. The van der Waals surface area contributed by atoms with E-state index in [-0.39, 0.29) is 22.5 Å². The van der Waals surface area contributed by atoms with Crippen LogP contribution in [0, 0.1) is 0 Å². The number of hydrogen-bond acceptors (Lipinski definition) is 4. The van der Waals surface area contributed by atoms with Gasteiger partial charge in [0, 0.05) is 17.6 Å². The molecule has 0 aliphatic rings. The molecular weight excluding hydrogens is 403 g/mol. The summed E-state index contributed by atoms with van der Waals surface area (Å²) >= 11 is 1.12. The third-order valence-corrected chi connectivity index (χ3v) is 5.70. The summed E-state index contributed by atoms with van der Waals surface area (Å²) in [7, 11) is 0. The molecule has 1 amide bonds. The van der Waals surface area contributed by atoms with Gasteiger partial charge in [-0.15, -0.1) is 11.3 Å². The molecule has 2 aromatic carbocycles. The van der Waals surface area contributed by atoms with E-state index < -0.39 is 23.3 Å². The van der Waals surface area contributed by atoms with Crippen LogP contribution in [0.4, 0.5) is 18.9 Å².